The molecule has 1 N–H and O–H groups in total. The summed E-state index contributed by atoms with van der Waals surface area (Å²) in [4.78, 5) is 0. The molecule has 2 fully saturated rings. The predicted molar refractivity (Wildman–Crippen MR) is 74.1 cm³/mol. The smallest absolute Gasteiger partial charge is 0.115 e. The highest BCUT2D eigenvalue weighted by molar-refractivity contribution is 4.92. The van der Waals surface area contributed by atoms with E-state index in [-0.39, 0.29) is 17.1 Å². The van der Waals surface area contributed by atoms with Crippen LogP contribution in [0, 0.1) is 5.92 Å². The molecule has 2 aliphatic heterocycles. The zero-order valence-electron chi connectivity index (χ0n) is 12.5. The molecule has 0 aliphatic carbocycles. The van der Waals surface area contributed by atoms with Gasteiger partial charge in [0.15, 0.2) is 0 Å². The molecule has 0 saturated carbocycles. The van der Waals surface area contributed by atoms with Crippen molar-refractivity contribution in [1.82, 2.24) is 5.32 Å². The Bertz CT molecular complexity index is 279. The molecule has 2 saturated heterocycles. The first-order valence-electron chi connectivity index (χ1n) is 7.51. The van der Waals surface area contributed by atoms with E-state index < -0.39 is 6.17 Å². The van der Waals surface area contributed by atoms with Crippen LogP contribution in [0.1, 0.15) is 46.5 Å². The Labute approximate surface area is 116 Å². The van der Waals surface area contributed by atoms with Crippen LogP contribution in [0.5, 0.6) is 0 Å². The third-order valence-electron chi connectivity index (χ3n) is 4.27. The van der Waals surface area contributed by atoms with Gasteiger partial charge < -0.3 is 14.8 Å². The highest BCUT2D eigenvalue weighted by Crippen LogP contribution is 2.38. The molecule has 112 valence electrons. The highest BCUT2D eigenvalue weighted by Gasteiger charge is 2.41. The average molecular weight is 273 g/mol. The van der Waals surface area contributed by atoms with Gasteiger partial charge in [-0.1, -0.05) is 0 Å². The third kappa shape index (κ3) is 4.40. The lowest BCUT2D eigenvalue weighted by Crippen LogP contribution is -2.48. The zero-order chi connectivity index (χ0) is 13.9. The van der Waals surface area contributed by atoms with Gasteiger partial charge >= 0.3 is 0 Å². The molecule has 2 heterocycles. The summed E-state index contributed by atoms with van der Waals surface area (Å²) in [6.07, 6.45) is 2.76. The molecule has 0 aromatic carbocycles. The molecule has 2 aliphatic rings. The molecule has 3 nitrogen and oxygen atoms in total. The van der Waals surface area contributed by atoms with Gasteiger partial charge in [0.1, 0.15) is 6.17 Å². The monoisotopic (exact) mass is 273 g/mol. The Morgan fingerprint density at radius 1 is 1.26 bits per heavy atom. The first-order valence-corrected chi connectivity index (χ1v) is 7.51. The van der Waals surface area contributed by atoms with Gasteiger partial charge in [-0.05, 0) is 52.4 Å². The van der Waals surface area contributed by atoms with Crippen molar-refractivity contribution in [2.24, 2.45) is 5.92 Å². The number of rotatable bonds is 3. The van der Waals surface area contributed by atoms with E-state index in [2.05, 4.69) is 26.1 Å². The van der Waals surface area contributed by atoms with Gasteiger partial charge in [-0.15, -0.1) is 0 Å². The molecule has 0 radical (unpaired) electrons. The lowest BCUT2D eigenvalue weighted by atomic mass is 9.79. The first kappa shape index (κ1) is 15.2. The second-order valence-corrected chi connectivity index (χ2v) is 7.04. The Balaban J connectivity index is 1.86. The van der Waals surface area contributed by atoms with E-state index in [1.807, 2.05) is 0 Å². The quantitative estimate of drug-likeness (QED) is 0.857. The summed E-state index contributed by atoms with van der Waals surface area (Å²) in [5.41, 5.74) is -0.126. The van der Waals surface area contributed by atoms with Gasteiger partial charge in [-0.2, -0.15) is 0 Å². The number of alkyl halides is 1. The fourth-order valence-electron chi connectivity index (χ4n) is 3.04. The third-order valence-corrected chi connectivity index (χ3v) is 4.27. The minimum Gasteiger partial charge on any atom is -0.381 e. The van der Waals surface area contributed by atoms with E-state index in [4.69, 9.17) is 9.47 Å². The molecule has 19 heavy (non-hydrogen) atoms. The maximum Gasteiger partial charge on any atom is 0.115 e. The molecule has 0 aromatic heterocycles. The second-order valence-electron chi connectivity index (χ2n) is 7.04. The Kier molecular flexibility index (Phi) is 4.85. The van der Waals surface area contributed by atoms with E-state index in [0.717, 1.165) is 38.9 Å². The molecule has 1 spiro atoms. The maximum absolute atomic E-state index is 14.4. The van der Waals surface area contributed by atoms with E-state index in [9.17, 15) is 4.39 Å². The number of hydrogen-bond acceptors (Lipinski definition) is 3. The van der Waals surface area contributed by atoms with Gasteiger partial charge in [0, 0.05) is 31.9 Å². The van der Waals surface area contributed by atoms with Crippen molar-refractivity contribution in [3.05, 3.63) is 0 Å². The summed E-state index contributed by atoms with van der Waals surface area (Å²) in [5.74, 6) is 0.127. The fourth-order valence-corrected chi connectivity index (χ4v) is 3.04. The summed E-state index contributed by atoms with van der Waals surface area (Å²) >= 11 is 0. The van der Waals surface area contributed by atoms with Crippen LogP contribution in [-0.4, -0.2) is 43.7 Å². The van der Waals surface area contributed by atoms with Crippen LogP contribution in [0.4, 0.5) is 4.39 Å². The Morgan fingerprint density at radius 2 is 1.95 bits per heavy atom. The molecule has 2 unspecified atom stereocenters. The highest BCUT2D eigenvalue weighted by atomic mass is 19.1. The summed E-state index contributed by atoms with van der Waals surface area (Å²) in [5, 5.41) is 3.27. The van der Waals surface area contributed by atoms with Crippen molar-refractivity contribution in [3.8, 4) is 0 Å². The molecule has 4 heteroatoms. The van der Waals surface area contributed by atoms with Crippen LogP contribution >= 0.6 is 0 Å². The van der Waals surface area contributed by atoms with Crippen LogP contribution < -0.4 is 5.32 Å². The van der Waals surface area contributed by atoms with Gasteiger partial charge in [0.05, 0.1) is 5.60 Å². The molecule has 0 aromatic rings. The zero-order valence-corrected chi connectivity index (χ0v) is 12.5. The van der Waals surface area contributed by atoms with E-state index >= 15 is 0 Å². The molecular formula is C15H28FNO2. The lowest BCUT2D eigenvalue weighted by Gasteiger charge is -2.44. The molecular weight excluding hydrogens is 245 g/mol. The molecule has 2 rings (SSSR count). The van der Waals surface area contributed by atoms with Gasteiger partial charge in [0.2, 0.25) is 0 Å². The first-order chi connectivity index (χ1) is 8.90. The molecule has 0 bridgehead atoms. The van der Waals surface area contributed by atoms with Crippen molar-refractivity contribution >= 4 is 0 Å². The average Bonchev–Trinajstić information content (AvgIpc) is 2.36. The molecule has 0 amide bonds. The maximum atomic E-state index is 14.4. The van der Waals surface area contributed by atoms with E-state index in [1.54, 1.807) is 0 Å². The Morgan fingerprint density at radius 3 is 2.58 bits per heavy atom. The van der Waals surface area contributed by atoms with Gasteiger partial charge in [-0.25, -0.2) is 4.39 Å². The minimum absolute atomic E-state index is 0.0220. The largest absolute Gasteiger partial charge is 0.381 e. The van der Waals surface area contributed by atoms with Crippen LogP contribution in [-0.2, 0) is 9.47 Å². The van der Waals surface area contributed by atoms with Crippen LogP contribution in [0.2, 0.25) is 0 Å². The number of halogens is 1. The topological polar surface area (TPSA) is 30.5 Å². The van der Waals surface area contributed by atoms with Crippen molar-refractivity contribution in [2.75, 3.05) is 26.4 Å². The van der Waals surface area contributed by atoms with Crippen LogP contribution in [0.25, 0.3) is 0 Å². The fraction of sp³-hybridized carbons (Fsp3) is 1.00. The Hall–Kier alpha value is -0.190. The standard InChI is InChI=1S/C15H28FNO2/c1-14(2,3)17-11-13(16)12-4-7-19-15(10-12)5-8-18-9-6-15/h12-13,17H,4-11H2,1-3H3. The lowest BCUT2D eigenvalue weighted by molar-refractivity contribution is -0.153. The number of nitrogens with one attached hydrogen (secondary N) is 1. The molecule has 2 atom stereocenters. The van der Waals surface area contributed by atoms with Crippen molar-refractivity contribution in [1.29, 1.82) is 0 Å². The summed E-state index contributed by atoms with van der Waals surface area (Å²) in [7, 11) is 0. The number of ether oxygens (including phenoxy) is 2. The van der Waals surface area contributed by atoms with Crippen LogP contribution in [0.15, 0.2) is 0 Å². The number of hydrogen-bond donors (Lipinski definition) is 1. The van der Waals surface area contributed by atoms with Crippen molar-refractivity contribution in [3.63, 3.8) is 0 Å². The summed E-state index contributed by atoms with van der Waals surface area (Å²) in [6.45, 7) is 8.87. The summed E-state index contributed by atoms with van der Waals surface area (Å²) < 4.78 is 25.8. The normalized spacial score (nSPS) is 29.4. The van der Waals surface area contributed by atoms with E-state index in [0.29, 0.717) is 13.2 Å². The van der Waals surface area contributed by atoms with Crippen molar-refractivity contribution < 1.29 is 13.9 Å². The second kappa shape index (κ2) is 6.06. The van der Waals surface area contributed by atoms with Crippen LogP contribution in [0.3, 0.4) is 0 Å². The SMILES string of the molecule is CC(C)(C)NCC(F)C1CCOC2(CCOCC2)C1. The summed E-state index contributed by atoms with van der Waals surface area (Å²) in [6, 6.07) is 0. The van der Waals surface area contributed by atoms with Crippen molar-refractivity contribution in [2.45, 2.75) is 63.8 Å². The minimum atomic E-state index is -0.775. The predicted octanol–water partition coefficient (Wildman–Crippen LogP) is 2.69. The van der Waals surface area contributed by atoms with Gasteiger partial charge in [-0.3, -0.25) is 0 Å². The van der Waals surface area contributed by atoms with E-state index in [1.165, 1.54) is 0 Å². The van der Waals surface area contributed by atoms with Gasteiger partial charge in [0.25, 0.3) is 0 Å².